The molecule has 0 aliphatic rings. The van der Waals surface area contributed by atoms with Gasteiger partial charge in [0.15, 0.2) is 12.2 Å². The van der Waals surface area contributed by atoms with Crippen LogP contribution in [0.4, 0.5) is 9.59 Å². The van der Waals surface area contributed by atoms with Crippen LogP contribution in [-0.4, -0.2) is 165 Å². The molecule has 87 heavy (non-hydrogen) atoms. The van der Waals surface area contributed by atoms with Crippen molar-refractivity contribution >= 4 is 54.0 Å². The van der Waals surface area contributed by atoms with Crippen LogP contribution in [0.2, 0.25) is 0 Å². The van der Waals surface area contributed by atoms with E-state index >= 15 is 0 Å². The maximum atomic E-state index is 12.4. The zero-order valence-electron chi connectivity index (χ0n) is 49.3. The summed E-state index contributed by atoms with van der Waals surface area (Å²) < 4.78 is 60.1. The average molecular weight is 1220 g/mol. The van der Waals surface area contributed by atoms with Gasteiger partial charge in [-0.3, -0.25) is 14.4 Å². The number of ether oxygens (including phenoxy) is 10. The molecule has 2 atom stereocenters. The minimum Gasteiger partial charge on any atom is -0.494 e. The van der Waals surface area contributed by atoms with Crippen LogP contribution in [0, 0.1) is 5.41 Å². The molecular weight excluding hydrogens is 1140 g/mol. The van der Waals surface area contributed by atoms with E-state index in [0.717, 1.165) is 25.0 Å². The molecular formula is C59H79N9O19. The third-order valence-corrected chi connectivity index (χ3v) is 11.8. The van der Waals surface area contributed by atoms with Gasteiger partial charge in [0, 0.05) is 119 Å². The zero-order chi connectivity index (χ0) is 63.7. The zero-order valence-corrected chi connectivity index (χ0v) is 49.3. The number of alkyl carbamates (subject to hydrolysis) is 2. The summed E-state index contributed by atoms with van der Waals surface area (Å²) in [4.78, 5) is 121. The van der Waals surface area contributed by atoms with E-state index in [4.69, 9.17) is 47.4 Å². The highest BCUT2D eigenvalue weighted by molar-refractivity contribution is 5.87. The van der Waals surface area contributed by atoms with Crippen molar-refractivity contribution in [3.63, 3.8) is 0 Å². The maximum Gasteiger partial charge on any atom is 0.407 e. The average Bonchev–Trinajstić information content (AvgIpc) is 3.58. The highest BCUT2D eigenvalue weighted by atomic mass is 16.6. The highest BCUT2D eigenvalue weighted by Crippen LogP contribution is 2.22. The summed E-state index contributed by atoms with van der Waals surface area (Å²) in [6.07, 6.45) is 20.5. The molecule has 0 spiro atoms. The third kappa shape index (κ3) is 32.8. The molecule has 2 N–H and O–H groups in total. The van der Waals surface area contributed by atoms with Gasteiger partial charge >= 0.3 is 54.0 Å². The van der Waals surface area contributed by atoms with Gasteiger partial charge in [-0.1, -0.05) is 45.7 Å². The van der Waals surface area contributed by atoms with Crippen molar-refractivity contribution in [3.8, 4) is 0 Å². The number of rotatable bonds is 42. The van der Waals surface area contributed by atoms with Gasteiger partial charge in [-0.25, -0.2) is 43.7 Å². The van der Waals surface area contributed by atoms with Crippen LogP contribution in [0.5, 0.6) is 0 Å². The van der Waals surface area contributed by atoms with E-state index in [-0.39, 0.29) is 83.3 Å². The normalized spacial score (nSPS) is 11.3. The summed E-state index contributed by atoms with van der Waals surface area (Å²) in [5, 5.41) is 5.29. The predicted octanol–water partition coefficient (Wildman–Crippen LogP) is 5.32. The lowest BCUT2D eigenvalue weighted by Crippen LogP contribution is -2.43. The first-order chi connectivity index (χ1) is 41.8. The maximum absolute atomic E-state index is 12.4. The number of unbranched alkanes of at least 4 members (excludes halogenated alkanes) is 3. The minimum absolute atomic E-state index is 0.0436. The SMILES string of the molecule is C=C(CCn1ccnc1)OCC(COC(=O)C(=C)C)OC(=O)NCCCCCCNC(=O)OC(COC(=O)CCn1ccnc1)COC(=O)C(=C)C.C=CC(=O)OCC(COC(=O)C=C)(COC(=O)CCn1cccc1)COC(=O)CCn1ccnc1. The molecule has 0 saturated heterocycles. The van der Waals surface area contributed by atoms with Crippen molar-refractivity contribution in [1.29, 1.82) is 0 Å². The van der Waals surface area contributed by atoms with Crippen LogP contribution in [0.25, 0.3) is 0 Å². The van der Waals surface area contributed by atoms with E-state index in [1.165, 1.54) is 13.8 Å². The van der Waals surface area contributed by atoms with Gasteiger partial charge < -0.3 is 76.3 Å². The molecule has 4 rings (SSSR count). The fraction of sp³-hybridized carbons (Fsp3) is 0.458. The number of hydrogen-bond donors (Lipinski definition) is 2. The number of allylic oxidation sites excluding steroid dienone is 1. The van der Waals surface area contributed by atoms with Crippen LogP contribution in [0.1, 0.15) is 65.2 Å². The molecule has 4 heterocycles. The summed E-state index contributed by atoms with van der Waals surface area (Å²) in [6, 6.07) is 3.67. The molecule has 0 fully saturated rings. The molecule has 2 unspecified atom stereocenters. The second-order valence-electron chi connectivity index (χ2n) is 19.4. The fourth-order valence-electron chi connectivity index (χ4n) is 6.85. The molecule has 0 aliphatic heterocycles. The van der Waals surface area contributed by atoms with Crippen molar-refractivity contribution in [2.75, 3.05) is 65.9 Å². The van der Waals surface area contributed by atoms with E-state index in [1.807, 2.05) is 39.9 Å². The van der Waals surface area contributed by atoms with Gasteiger partial charge in [0.25, 0.3) is 0 Å². The molecule has 474 valence electrons. The van der Waals surface area contributed by atoms with Crippen LogP contribution in [-0.2, 0) is 107 Å². The Morgan fingerprint density at radius 3 is 1.23 bits per heavy atom. The molecule has 0 saturated carbocycles. The largest absolute Gasteiger partial charge is 0.494 e. The second kappa shape index (κ2) is 41.3. The number of imidazole rings is 3. The van der Waals surface area contributed by atoms with Crippen LogP contribution in [0.15, 0.2) is 143 Å². The Kier molecular flexibility index (Phi) is 33.9. The number of aromatic nitrogens is 7. The highest BCUT2D eigenvalue weighted by Gasteiger charge is 2.38. The summed E-state index contributed by atoms with van der Waals surface area (Å²) in [6.45, 7) is 20.7. The fourth-order valence-corrected chi connectivity index (χ4v) is 6.85. The molecule has 28 nitrogen and oxygen atoms in total. The van der Waals surface area contributed by atoms with Crippen LogP contribution in [0.3, 0.4) is 0 Å². The number of amides is 2. The lowest BCUT2D eigenvalue weighted by molar-refractivity contribution is -0.168. The van der Waals surface area contributed by atoms with Gasteiger partial charge in [0.2, 0.25) is 0 Å². The molecule has 4 aromatic heterocycles. The van der Waals surface area contributed by atoms with Crippen LogP contribution >= 0.6 is 0 Å². The number of aryl methyl sites for hydroxylation is 4. The Labute approximate surface area is 504 Å². The Morgan fingerprint density at radius 1 is 0.471 bits per heavy atom. The number of esters is 7. The van der Waals surface area contributed by atoms with Crippen LogP contribution < -0.4 is 10.6 Å². The Bertz CT molecular complexity index is 2610. The molecule has 0 aromatic carbocycles. The summed E-state index contributed by atoms with van der Waals surface area (Å²) >= 11 is 0. The summed E-state index contributed by atoms with van der Waals surface area (Å²) in [5.74, 6) is -3.89. The lowest BCUT2D eigenvalue weighted by atomic mass is 9.92. The molecule has 2 amide bonds. The Morgan fingerprint density at radius 2 is 0.839 bits per heavy atom. The first kappa shape index (κ1) is 71.5. The molecule has 0 aliphatic carbocycles. The minimum atomic E-state index is -1.34. The van der Waals surface area contributed by atoms with Crippen molar-refractivity contribution in [3.05, 3.63) is 143 Å². The standard InChI is InChI=1S/C35H50N6O11.C24H29N3O8/c1-26(2)32(43)49-22-29(20-47-28(5)10-16-40-18-14-36-24-40)51-34(45)38-12-8-6-7-9-13-39-35(46)52-30(23-50-33(44)27(3)4)21-48-31(42)11-17-41-19-15-37-25-41;1-3-20(28)32-15-24(16-33-21(29)4-2,17-34-22(30)7-12-26-10-5-6-11-26)18-35-23(31)8-13-27-14-9-25-19-27/h14-15,18-19,24-25,29-30H,1,3,5-13,16-17,20-23H2,2,4H3,(H,38,45)(H,39,46);3-6,9-11,14,19H,1-2,7-8,12-13,15-18H2. The van der Waals surface area contributed by atoms with E-state index in [1.54, 1.807) is 59.1 Å². The van der Waals surface area contributed by atoms with Crippen molar-refractivity contribution in [1.82, 2.24) is 43.9 Å². The number of carbonyl (C=O) groups excluding carboxylic acids is 9. The van der Waals surface area contributed by atoms with Gasteiger partial charge in [-0.2, -0.15) is 0 Å². The summed E-state index contributed by atoms with van der Waals surface area (Å²) in [5.41, 5.74) is -0.961. The van der Waals surface area contributed by atoms with E-state index in [9.17, 15) is 43.2 Å². The predicted molar refractivity (Wildman–Crippen MR) is 309 cm³/mol. The first-order valence-electron chi connectivity index (χ1n) is 27.7. The van der Waals surface area contributed by atoms with Gasteiger partial charge in [0.05, 0.1) is 44.0 Å². The Hall–Kier alpha value is -9.76. The Balaban J connectivity index is 0.000000491. The quantitative estimate of drug-likeness (QED) is 0.0186. The van der Waals surface area contributed by atoms with Gasteiger partial charge in [0.1, 0.15) is 58.3 Å². The van der Waals surface area contributed by atoms with Crippen molar-refractivity contribution in [2.24, 2.45) is 5.41 Å². The first-order valence-corrected chi connectivity index (χ1v) is 27.7. The van der Waals surface area contributed by atoms with Crippen molar-refractivity contribution in [2.45, 2.75) is 104 Å². The summed E-state index contributed by atoms with van der Waals surface area (Å²) in [7, 11) is 0. The monoisotopic (exact) mass is 1220 g/mol. The molecule has 0 radical (unpaired) electrons. The molecule has 28 heteroatoms. The smallest absolute Gasteiger partial charge is 0.407 e. The third-order valence-electron chi connectivity index (χ3n) is 11.8. The number of nitrogens with one attached hydrogen (secondary N) is 2. The van der Waals surface area contributed by atoms with Gasteiger partial charge in [-0.05, 0) is 38.8 Å². The van der Waals surface area contributed by atoms with Gasteiger partial charge in [-0.15, -0.1) is 0 Å². The van der Waals surface area contributed by atoms with E-state index in [2.05, 4.69) is 58.5 Å². The number of nitrogens with zero attached hydrogens (tertiary/aromatic N) is 7. The van der Waals surface area contributed by atoms with E-state index < -0.39 is 71.6 Å². The number of carbonyl (C=O) groups is 9. The second-order valence-corrected chi connectivity index (χ2v) is 19.4. The number of hydrogen-bond acceptors (Lipinski definition) is 22. The molecule has 4 aromatic rings. The van der Waals surface area contributed by atoms with Crippen molar-refractivity contribution < 1.29 is 90.5 Å². The molecule has 0 bridgehead atoms. The van der Waals surface area contributed by atoms with E-state index in [0.29, 0.717) is 64.3 Å². The topological polar surface area (TPSA) is 328 Å². The lowest BCUT2D eigenvalue weighted by Gasteiger charge is -2.31.